The Hall–Kier alpha value is -6.45. The summed E-state index contributed by atoms with van der Waals surface area (Å²) in [4.78, 5) is 56.1. The van der Waals surface area contributed by atoms with Crippen molar-refractivity contribution in [1.82, 2.24) is 25.1 Å². The molecule has 3 amide bonds. The molecule has 1 aliphatic carbocycles. The number of aromatic amines is 1. The number of ether oxygens (including phenoxy) is 4. The monoisotopic (exact) mass is 870 g/mol. The van der Waals surface area contributed by atoms with E-state index in [1.165, 1.54) is 13.2 Å². The molecule has 5 heterocycles. The van der Waals surface area contributed by atoms with Gasteiger partial charge in [0, 0.05) is 41.8 Å². The smallest absolute Gasteiger partial charge is 0.410 e. The number of nitrogens with one attached hydrogen (secondary N) is 2. The van der Waals surface area contributed by atoms with Crippen LogP contribution in [0.1, 0.15) is 80.2 Å². The number of hydrogen-bond acceptors (Lipinski definition) is 9. The van der Waals surface area contributed by atoms with Crippen molar-refractivity contribution in [3.63, 3.8) is 0 Å². The summed E-state index contributed by atoms with van der Waals surface area (Å²) in [5, 5.41) is 2.71. The molecule has 15 heteroatoms. The molecular weight excluding hydrogens is 823 g/mol. The number of carbonyl (C=O) groups excluding carboxylic acids is 3. The number of alkyl carbamates (subject to hydrolysis) is 1. The Morgan fingerprint density at radius 1 is 0.891 bits per heavy atom. The summed E-state index contributed by atoms with van der Waals surface area (Å²) in [5.41, 5.74) is 5.63. The zero-order valence-electron chi connectivity index (χ0n) is 36.0. The van der Waals surface area contributed by atoms with Crippen molar-refractivity contribution in [3.8, 4) is 33.5 Å². The molecule has 1 spiro atoms. The molecule has 3 atom stereocenters. The van der Waals surface area contributed by atoms with Crippen LogP contribution < -0.4 is 5.32 Å². The first kappa shape index (κ1) is 41.6. The number of benzene rings is 4. The van der Waals surface area contributed by atoms with E-state index in [9.17, 15) is 14.4 Å². The first-order chi connectivity index (χ1) is 30.7. The zero-order chi connectivity index (χ0) is 44.5. The third-order valence-corrected chi connectivity index (χ3v) is 12.8. The maximum Gasteiger partial charge on any atom is 0.410 e. The van der Waals surface area contributed by atoms with E-state index in [2.05, 4.69) is 15.3 Å². The second kappa shape index (κ2) is 15.7. The van der Waals surface area contributed by atoms with Gasteiger partial charge < -0.3 is 34.1 Å². The topological polar surface area (TPSA) is 148 Å². The van der Waals surface area contributed by atoms with Gasteiger partial charge in [-0.15, -0.1) is 0 Å². The van der Waals surface area contributed by atoms with E-state index in [1.807, 2.05) is 57.2 Å². The van der Waals surface area contributed by atoms with Gasteiger partial charge in [0.05, 0.1) is 56.5 Å². The minimum atomic E-state index is -3.27. The number of H-pyrrole nitrogens is 1. The van der Waals surface area contributed by atoms with Crippen LogP contribution in [-0.4, -0.2) is 94.4 Å². The highest BCUT2D eigenvalue weighted by Gasteiger charge is 2.53. The summed E-state index contributed by atoms with van der Waals surface area (Å²) in [6.45, 7) is 6.96. The van der Waals surface area contributed by atoms with Gasteiger partial charge in [-0.2, -0.15) is 8.78 Å². The highest BCUT2D eigenvalue weighted by atomic mass is 19.3. The van der Waals surface area contributed by atoms with Crippen molar-refractivity contribution >= 4 is 29.5 Å². The zero-order valence-corrected chi connectivity index (χ0v) is 36.0. The lowest BCUT2D eigenvalue weighted by atomic mass is 9.95. The summed E-state index contributed by atoms with van der Waals surface area (Å²) in [7, 11) is 1.25. The van der Waals surface area contributed by atoms with E-state index in [0.717, 1.165) is 28.9 Å². The van der Waals surface area contributed by atoms with E-state index in [-0.39, 0.29) is 29.6 Å². The molecule has 0 bridgehead atoms. The number of imidazole rings is 1. The van der Waals surface area contributed by atoms with Gasteiger partial charge in [0.2, 0.25) is 0 Å². The minimum absolute atomic E-state index is 0.0747. The number of fused-ring (bicyclic) bond motifs is 4. The Morgan fingerprint density at radius 3 is 2.30 bits per heavy atom. The molecule has 13 nitrogen and oxygen atoms in total. The van der Waals surface area contributed by atoms with Crippen molar-refractivity contribution in [2.24, 2.45) is 4.99 Å². The van der Waals surface area contributed by atoms with Crippen LogP contribution in [0.25, 0.3) is 33.5 Å². The quantitative estimate of drug-likeness (QED) is 0.165. The average molecular weight is 871 g/mol. The second-order valence-corrected chi connectivity index (χ2v) is 18.0. The van der Waals surface area contributed by atoms with Crippen LogP contribution in [0.2, 0.25) is 0 Å². The first-order valence-electron chi connectivity index (χ1n) is 21.6. The van der Waals surface area contributed by atoms with Crippen molar-refractivity contribution in [2.75, 3.05) is 33.4 Å². The van der Waals surface area contributed by atoms with Crippen LogP contribution >= 0.6 is 0 Å². The van der Waals surface area contributed by atoms with Crippen LogP contribution in [0.15, 0.2) is 96.1 Å². The van der Waals surface area contributed by atoms with Gasteiger partial charge in [-0.1, -0.05) is 60.7 Å². The molecule has 1 aromatic heterocycles. The lowest BCUT2D eigenvalue weighted by molar-refractivity contribution is -0.153. The summed E-state index contributed by atoms with van der Waals surface area (Å²) < 4.78 is 55.9. The van der Waals surface area contributed by atoms with Crippen LogP contribution in [0.3, 0.4) is 0 Å². The molecule has 330 valence electrons. The Bertz CT molecular complexity index is 2710. The van der Waals surface area contributed by atoms with Crippen molar-refractivity contribution in [3.05, 3.63) is 119 Å². The summed E-state index contributed by atoms with van der Waals surface area (Å²) in [6, 6.07) is 23.1. The Balaban J connectivity index is 0.882. The Morgan fingerprint density at radius 2 is 1.58 bits per heavy atom. The number of nitrogens with zero attached hydrogens (tertiary/aromatic N) is 4. The van der Waals surface area contributed by atoms with Crippen LogP contribution in [-0.2, 0) is 36.1 Å². The molecule has 4 aliphatic heterocycles. The maximum absolute atomic E-state index is 16.6. The molecule has 3 saturated heterocycles. The molecule has 4 aromatic carbocycles. The summed E-state index contributed by atoms with van der Waals surface area (Å²) in [6.07, 6.45) is 2.77. The highest BCUT2D eigenvalue weighted by Crippen LogP contribution is 2.53. The Kier molecular flexibility index (Phi) is 10.2. The standard InChI is InChI=1S/C49H48F2N6O7/c1-47(2,3)64-46(60)56-18-8-11-40(56)43-52-26-39(54-43)31-13-16-34-33-15-12-30(22-35(33)49(50,51)36(34)23-31)29-14-17-37-32(21-29)24-38(53-37)41-25-48(62-19-20-63-48)27-57(41)44(58)42(55-45(59)61-4)28-9-6-5-7-10-28/h5-7,9-10,12-17,21-23,26,40-42H,8,11,18-20,24-25,27H2,1-4H3,(H,52,54)(H,55,59)/t40-,41-,42+/m0/s1. The van der Waals surface area contributed by atoms with E-state index < -0.39 is 41.6 Å². The fourth-order valence-corrected chi connectivity index (χ4v) is 9.76. The van der Waals surface area contributed by atoms with Gasteiger partial charge in [-0.3, -0.25) is 14.7 Å². The molecule has 0 unspecified atom stereocenters. The van der Waals surface area contributed by atoms with E-state index in [0.29, 0.717) is 78.4 Å². The number of hydrogen-bond donors (Lipinski definition) is 2. The van der Waals surface area contributed by atoms with E-state index in [4.69, 9.17) is 23.9 Å². The number of aliphatic imine (C=N–C) groups is 1. The summed E-state index contributed by atoms with van der Waals surface area (Å²) in [5.74, 6) is -4.05. The van der Waals surface area contributed by atoms with E-state index in [1.54, 1.807) is 58.5 Å². The first-order valence-corrected chi connectivity index (χ1v) is 21.6. The number of aromatic nitrogens is 2. The minimum Gasteiger partial charge on any atom is -0.453 e. The number of amides is 3. The van der Waals surface area contributed by atoms with E-state index >= 15 is 8.78 Å². The normalized spacial score (nSPS) is 20.8. The molecule has 5 aliphatic rings. The molecular formula is C49H48F2N6O7. The summed E-state index contributed by atoms with van der Waals surface area (Å²) >= 11 is 0. The molecule has 0 saturated carbocycles. The highest BCUT2D eigenvalue weighted by molar-refractivity contribution is 6.01. The van der Waals surface area contributed by atoms with Gasteiger partial charge in [-0.05, 0) is 91.3 Å². The van der Waals surface area contributed by atoms with Crippen LogP contribution in [0, 0.1) is 0 Å². The third-order valence-electron chi connectivity index (χ3n) is 12.8. The molecule has 10 rings (SSSR count). The number of rotatable bonds is 7. The lowest BCUT2D eigenvalue weighted by Gasteiger charge is -2.29. The van der Waals surface area contributed by atoms with Crippen molar-refractivity contribution in [2.45, 2.75) is 81.9 Å². The molecule has 0 radical (unpaired) electrons. The SMILES string of the molecule is COC(=O)N[C@@H](C(=O)N1CC2(C[C@H]1C1=Nc3ccc(-c4ccc5c(c4)C(F)(F)c4cc(-c6cnc([C@@H]7CCCN7C(=O)OC(C)(C)C)[nH]6)ccc4-5)cc3C1)OCCO2)c1ccccc1. The number of alkyl halides is 2. The maximum atomic E-state index is 16.6. The van der Waals surface area contributed by atoms with Gasteiger partial charge in [-0.25, -0.2) is 14.6 Å². The Labute approximate surface area is 368 Å². The van der Waals surface area contributed by atoms with Crippen molar-refractivity contribution < 1.29 is 42.1 Å². The van der Waals surface area contributed by atoms with Crippen LogP contribution in [0.4, 0.5) is 24.1 Å². The predicted molar refractivity (Wildman–Crippen MR) is 233 cm³/mol. The fraction of sp³-hybridized carbons (Fsp3) is 0.367. The average Bonchev–Trinajstić information content (AvgIpc) is 4.16. The molecule has 3 fully saturated rings. The van der Waals surface area contributed by atoms with Gasteiger partial charge >= 0.3 is 12.2 Å². The number of carbonyl (C=O) groups is 3. The number of halogens is 2. The van der Waals surface area contributed by atoms with Crippen LogP contribution in [0.5, 0.6) is 0 Å². The lowest BCUT2D eigenvalue weighted by Crippen LogP contribution is -2.48. The molecule has 64 heavy (non-hydrogen) atoms. The molecule has 5 aromatic rings. The third kappa shape index (κ3) is 7.39. The predicted octanol–water partition coefficient (Wildman–Crippen LogP) is 9.01. The number of likely N-dealkylation sites (tertiary alicyclic amines) is 2. The second-order valence-electron chi connectivity index (χ2n) is 18.0. The fourth-order valence-electron chi connectivity index (χ4n) is 9.76. The largest absolute Gasteiger partial charge is 0.453 e. The van der Waals surface area contributed by atoms with Gasteiger partial charge in [0.1, 0.15) is 17.5 Å². The van der Waals surface area contributed by atoms with Crippen molar-refractivity contribution in [1.29, 1.82) is 0 Å². The van der Waals surface area contributed by atoms with Gasteiger partial charge in [0.15, 0.2) is 5.79 Å². The molecule has 2 N–H and O–H groups in total. The van der Waals surface area contributed by atoms with Gasteiger partial charge in [0.25, 0.3) is 11.8 Å². The number of methoxy groups -OCH3 is 1.